The second-order valence-corrected chi connectivity index (χ2v) is 16.1. The quantitative estimate of drug-likeness (QED) is 0.249. The van der Waals surface area contributed by atoms with Crippen molar-refractivity contribution in [1.82, 2.24) is 0 Å². The lowest BCUT2D eigenvalue weighted by Crippen LogP contribution is -2.38. The third-order valence-electron chi connectivity index (χ3n) is 2.55. The van der Waals surface area contributed by atoms with Gasteiger partial charge in [0, 0.05) is 6.08 Å². The summed E-state index contributed by atoms with van der Waals surface area (Å²) in [5.74, 6) is -0.355. The minimum atomic E-state index is -1.57. The van der Waals surface area contributed by atoms with Gasteiger partial charge in [0.25, 0.3) is 0 Å². The van der Waals surface area contributed by atoms with Crippen LogP contribution in [0.1, 0.15) is 19.3 Å². The number of unbranched alkanes of at least 4 members (excludes halogenated alkanes) is 1. The van der Waals surface area contributed by atoms with Crippen LogP contribution in [0.3, 0.4) is 0 Å². The molecule has 0 aromatic rings. The fourth-order valence-corrected chi connectivity index (χ4v) is 3.60. The Labute approximate surface area is 132 Å². The number of hydrogen-bond acceptors (Lipinski definition) is 4. The Bertz CT molecular complexity index is 319. The summed E-state index contributed by atoms with van der Waals surface area (Å²) >= 11 is 0. The molecule has 1 atom stereocenters. The summed E-state index contributed by atoms with van der Waals surface area (Å²) in [7, 11) is -3.09. The zero-order valence-corrected chi connectivity index (χ0v) is 16.5. The van der Waals surface area contributed by atoms with Crippen LogP contribution in [0.5, 0.6) is 0 Å². The van der Waals surface area contributed by atoms with Gasteiger partial charge in [-0.3, -0.25) is 0 Å². The summed E-state index contributed by atoms with van der Waals surface area (Å²) in [6.45, 7) is 17.6. The molecule has 0 aromatic carbocycles. The van der Waals surface area contributed by atoms with Crippen LogP contribution in [0.4, 0.5) is 0 Å². The summed E-state index contributed by atoms with van der Waals surface area (Å²) in [6, 6.07) is 0. The molecule has 4 nitrogen and oxygen atoms in total. The van der Waals surface area contributed by atoms with Gasteiger partial charge in [-0.05, 0) is 58.5 Å². The van der Waals surface area contributed by atoms with Gasteiger partial charge in [0.15, 0.2) is 16.6 Å². The number of hydrogen-bond donors (Lipinski definition) is 0. The first kappa shape index (κ1) is 20.6. The molecule has 0 aromatic heterocycles. The standard InChI is InChI=1S/C15H32O4Si2/c1-8-15(16)17-12-10-9-11-14(19-21(5,6)7)13-18-20(2,3)4/h8,14H,1,9-13H2,2-7H3. The van der Waals surface area contributed by atoms with E-state index in [1.54, 1.807) is 0 Å². The van der Waals surface area contributed by atoms with Gasteiger partial charge in [-0.15, -0.1) is 0 Å². The van der Waals surface area contributed by atoms with E-state index < -0.39 is 16.6 Å². The van der Waals surface area contributed by atoms with Crippen LogP contribution >= 0.6 is 0 Å². The first-order chi connectivity index (χ1) is 9.53. The van der Waals surface area contributed by atoms with Crippen LogP contribution in [0.15, 0.2) is 12.7 Å². The number of carbonyl (C=O) groups excluding carboxylic acids is 1. The Hall–Kier alpha value is -0.436. The molecule has 0 amide bonds. The van der Waals surface area contributed by atoms with Crippen molar-refractivity contribution < 1.29 is 18.4 Å². The predicted octanol–water partition coefficient (Wildman–Crippen LogP) is 3.96. The van der Waals surface area contributed by atoms with E-state index in [1.165, 1.54) is 6.08 Å². The molecule has 0 saturated heterocycles. The maximum Gasteiger partial charge on any atom is 0.330 e. The monoisotopic (exact) mass is 332 g/mol. The average molecular weight is 333 g/mol. The smallest absolute Gasteiger partial charge is 0.330 e. The molecule has 0 saturated carbocycles. The molecule has 1 unspecified atom stereocenters. The second kappa shape index (κ2) is 9.55. The van der Waals surface area contributed by atoms with Crippen molar-refractivity contribution in [3.05, 3.63) is 12.7 Å². The zero-order valence-electron chi connectivity index (χ0n) is 14.5. The molecule has 6 heteroatoms. The number of ether oxygens (including phenoxy) is 1. The van der Waals surface area contributed by atoms with E-state index >= 15 is 0 Å². The number of carbonyl (C=O) groups is 1. The summed E-state index contributed by atoms with van der Waals surface area (Å²) in [6.07, 6.45) is 4.10. The average Bonchev–Trinajstić information content (AvgIpc) is 2.32. The Morgan fingerprint density at radius 1 is 1.10 bits per heavy atom. The molecule has 0 aliphatic rings. The molecule has 0 rings (SSSR count). The fourth-order valence-electron chi connectivity index (χ4n) is 1.72. The van der Waals surface area contributed by atoms with E-state index in [4.69, 9.17) is 13.6 Å². The van der Waals surface area contributed by atoms with Crippen LogP contribution in [-0.4, -0.2) is 41.9 Å². The molecule has 0 fully saturated rings. The van der Waals surface area contributed by atoms with E-state index in [2.05, 4.69) is 45.9 Å². The highest BCUT2D eigenvalue weighted by Gasteiger charge is 2.23. The summed E-state index contributed by atoms with van der Waals surface area (Å²) in [5.41, 5.74) is 0. The normalized spacial score (nSPS) is 13.8. The number of esters is 1. The molecule has 0 aliphatic carbocycles. The van der Waals surface area contributed by atoms with Gasteiger partial charge in [0.1, 0.15) is 0 Å². The van der Waals surface area contributed by atoms with Gasteiger partial charge in [0.05, 0.1) is 19.3 Å². The SMILES string of the molecule is C=CC(=O)OCCCCC(CO[Si](C)(C)C)O[Si](C)(C)C. The highest BCUT2D eigenvalue weighted by atomic mass is 28.4. The first-order valence-electron chi connectivity index (χ1n) is 7.64. The fraction of sp³-hybridized carbons (Fsp3) is 0.800. The van der Waals surface area contributed by atoms with Gasteiger partial charge in [-0.1, -0.05) is 6.58 Å². The minimum Gasteiger partial charge on any atom is -0.463 e. The third kappa shape index (κ3) is 14.3. The molecular formula is C15H32O4Si2. The van der Waals surface area contributed by atoms with Crippen molar-refractivity contribution in [2.45, 2.75) is 64.6 Å². The molecule has 0 heterocycles. The molecule has 21 heavy (non-hydrogen) atoms. The predicted molar refractivity (Wildman–Crippen MR) is 92.5 cm³/mol. The van der Waals surface area contributed by atoms with Crippen LogP contribution in [0, 0.1) is 0 Å². The minimum absolute atomic E-state index is 0.151. The molecule has 0 N–H and O–H groups in total. The molecule has 0 aliphatic heterocycles. The Kier molecular flexibility index (Phi) is 9.36. The maximum atomic E-state index is 10.9. The molecular weight excluding hydrogens is 300 g/mol. The van der Waals surface area contributed by atoms with Crippen molar-refractivity contribution in [2.75, 3.05) is 13.2 Å². The lowest BCUT2D eigenvalue weighted by atomic mass is 10.2. The largest absolute Gasteiger partial charge is 0.463 e. The van der Waals surface area contributed by atoms with Crippen molar-refractivity contribution in [3.63, 3.8) is 0 Å². The zero-order chi connectivity index (χ0) is 16.5. The van der Waals surface area contributed by atoms with E-state index in [0.717, 1.165) is 19.3 Å². The summed E-state index contributed by atoms with van der Waals surface area (Å²) < 4.78 is 17.2. The topological polar surface area (TPSA) is 44.8 Å². The highest BCUT2D eigenvalue weighted by Crippen LogP contribution is 2.15. The lowest BCUT2D eigenvalue weighted by molar-refractivity contribution is -0.137. The molecule has 0 radical (unpaired) electrons. The van der Waals surface area contributed by atoms with Gasteiger partial charge >= 0.3 is 5.97 Å². The van der Waals surface area contributed by atoms with E-state index in [0.29, 0.717) is 13.2 Å². The number of rotatable bonds is 11. The van der Waals surface area contributed by atoms with Crippen molar-refractivity contribution >= 4 is 22.6 Å². The molecule has 0 bridgehead atoms. The maximum absolute atomic E-state index is 10.9. The van der Waals surface area contributed by atoms with Crippen molar-refractivity contribution in [3.8, 4) is 0 Å². The van der Waals surface area contributed by atoms with Crippen LogP contribution in [-0.2, 0) is 18.4 Å². The van der Waals surface area contributed by atoms with Gasteiger partial charge in [-0.25, -0.2) is 4.79 Å². The summed E-state index contributed by atoms with van der Waals surface area (Å²) in [5, 5.41) is 0. The Morgan fingerprint density at radius 2 is 1.71 bits per heavy atom. The van der Waals surface area contributed by atoms with E-state index in [9.17, 15) is 4.79 Å². The van der Waals surface area contributed by atoms with Gasteiger partial charge in [0.2, 0.25) is 0 Å². The highest BCUT2D eigenvalue weighted by molar-refractivity contribution is 6.70. The van der Waals surface area contributed by atoms with Gasteiger partial charge < -0.3 is 13.6 Å². The lowest BCUT2D eigenvalue weighted by Gasteiger charge is -2.29. The Morgan fingerprint density at radius 3 is 2.19 bits per heavy atom. The van der Waals surface area contributed by atoms with Crippen LogP contribution in [0.2, 0.25) is 39.3 Å². The Balaban J connectivity index is 4.10. The summed E-state index contributed by atoms with van der Waals surface area (Å²) in [4.78, 5) is 10.9. The second-order valence-electron chi connectivity index (χ2n) is 7.14. The van der Waals surface area contributed by atoms with Crippen LogP contribution < -0.4 is 0 Å². The van der Waals surface area contributed by atoms with Crippen LogP contribution in [0.25, 0.3) is 0 Å². The van der Waals surface area contributed by atoms with E-state index in [1.807, 2.05) is 0 Å². The van der Waals surface area contributed by atoms with Crippen molar-refractivity contribution in [2.24, 2.45) is 0 Å². The first-order valence-corrected chi connectivity index (χ1v) is 14.5. The van der Waals surface area contributed by atoms with E-state index in [-0.39, 0.29) is 12.1 Å². The van der Waals surface area contributed by atoms with Gasteiger partial charge in [-0.2, -0.15) is 0 Å². The molecule has 0 spiro atoms. The van der Waals surface area contributed by atoms with Crippen molar-refractivity contribution in [1.29, 1.82) is 0 Å². The molecule has 124 valence electrons. The third-order valence-corrected chi connectivity index (χ3v) is 4.63.